The van der Waals surface area contributed by atoms with Gasteiger partial charge in [-0.1, -0.05) is 36.4 Å². The van der Waals surface area contributed by atoms with Crippen LogP contribution in [0.3, 0.4) is 0 Å². The molecule has 0 unspecified atom stereocenters. The molecule has 0 radical (unpaired) electrons. The Labute approximate surface area is 190 Å². The van der Waals surface area contributed by atoms with Gasteiger partial charge in [0.1, 0.15) is 10.8 Å². The van der Waals surface area contributed by atoms with Crippen LogP contribution in [0, 0.1) is 26.6 Å². The summed E-state index contributed by atoms with van der Waals surface area (Å²) >= 11 is 1.45. The molecule has 4 rings (SSSR count). The molecule has 1 atom stereocenters. The number of thiophene rings is 1. The normalized spacial score (nSPS) is 11.8. The van der Waals surface area contributed by atoms with Gasteiger partial charge in [0.2, 0.25) is 5.95 Å². The van der Waals surface area contributed by atoms with Crippen molar-refractivity contribution < 1.29 is 9.18 Å². The van der Waals surface area contributed by atoms with Gasteiger partial charge in [0, 0.05) is 33.0 Å². The summed E-state index contributed by atoms with van der Waals surface area (Å²) in [5.41, 5.74) is 3.38. The lowest BCUT2D eigenvalue weighted by molar-refractivity contribution is 0.102. The van der Waals surface area contributed by atoms with E-state index < -0.39 is 6.04 Å². The average molecular weight is 447 g/mol. The molecule has 2 aromatic carbocycles. The van der Waals surface area contributed by atoms with E-state index in [1.807, 2.05) is 51.1 Å². The Kier molecular flexibility index (Phi) is 6.28. The predicted molar refractivity (Wildman–Crippen MR) is 127 cm³/mol. The molecule has 1 amide bonds. The molecule has 2 aromatic heterocycles. The van der Waals surface area contributed by atoms with E-state index in [1.165, 1.54) is 17.4 Å². The summed E-state index contributed by atoms with van der Waals surface area (Å²) in [7, 11) is 0. The van der Waals surface area contributed by atoms with Gasteiger partial charge >= 0.3 is 0 Å². The van der Waals surface area contributed by atoms with Crippen LogP contribution < -0.4 is 10.6 Å². The number of halogens is 1. The Morgan fingerprint density at radius 1 is 0.906 bits per heavy atom. The van der Waals surface area contributed by atoms with Gasteiger partial charge < -0.3 is 10.6 Å². The van der Waals surface area contributed by atoms with Gasteiger partial charge in [-0.05, 0) is 51.1 Å². The number of benzene rings is 2. The third kappa shape index (κ3) is 4.84. The molecule has 0 saturated heterocycles. The fourth-order valence-corrected chi connectivity index (χ4v) is 4.51. The lowest BCUT2D eigenvalue weighted by Gasteiger charge is -2.21. The summed E-state index contributed by atoms with van der Waals surface area (Å²) in [6, 6.07) is 18.8. The lowest BCUT2D eigenvalue weighted by Crippen LogP contribution is -2.19. The maximum Gasteiger partial charge on any atom is 0.256 e. The smallest absolute Gasteiger partial charge is 0.256 e. The molecular weight excluding hydrogens is 423 g/mol. The Bertz CT molecular complexity index is 1240. The van der Waals surface area contributed by atoms with Crippen molar-refractivity contribution in [1.29, 1.82) is 0 Å². The number of amides is 1. The van der Waals surface area contributed by atoms with Crippen LogP contribution in [0.4, 0.5) is 15.3 Å². The van der Waals surface area contributed by atoms with E-state index in [1.54, 1.807) is 30.3 Å². The molecule has 7 heteroatoms. The highest BCUT2D eigenvalue weighted by molar-refractivity contribution is 7.16. The van der Waals surface area contributed by atoms with Crippen LogP contribution >= 0.6 is 11.3 Å². The van der Waals surface area contributed by atoms with Crippen LogP contribution in [0.2, 0.25) is 0 Å². The summed E-state index contributed by atoms with van der Waals surface area (Å²) in [4.78, 5) is 22.8. The van der Waals surface area contributed by atoms with Crippen molar-refractivity contribution in [3.8, 4) is 0 Å². The SMILES string of the molecule is Cc1cc(C)nc(N[C@@H](c2ccccc2F)c2cc(C)sc2NC(=O)c2ccccc2)n1. The Hall–Kier alpha value is -3.58. The minimum absolute atomic E-state index is 0.219. The molecule has 0 saturated carbocycles. The van der Waals surface area contributed by atoms with Gasteiger partial charge in [-0.15, -0.1) is 11.3 Å². The van der Waals surface area contributed by atoms with Crippen molar-refractivity contribution in [2.24, 2.45) is 0 Å². The van der Waals surface area contributed by atoms with E-state index in [-0.39, 0.29) is 11.7 Å². The Morgan fingerprint density at radius 3 is 2.25 bits per heavy atom. The molecule has 0 aliphatic carbocycles. The van der Waals surface area contributed by atoms with Crippen LogP contribution in [0.5, 0.6) is 0 Å². The van der Waals surface area contributed by atoms with Gasteiger partial charge in [0.25, 0.3) is 5.91 Å². The highest BCUT2D eigenvalue weighted by Crippen LogP contribution is 2.38. The molecule has 0 bridgehead atoms. The number of aromatic nitrogens is 2. The Balaban J connectivity index is 1.76. The van der Waals surface area contributed by atoms with Crippen LogP contribution in [0.15, 0.2) is 66.7 Å². The van der Waals surface area contributed by atoms with Crippen LogP contribution in [-0.4, -0.2) is 15.9 Å². The van der Waals surface area contributed by atoms with Crippen LogP contribution in [-0.2, 0) is 0 Å². The minimum Gasteiger partial charge on any atom is -0.343 e. The second-order valence-electron chi connectivity index (χ2n) is 7.53. The summed E-state index contributed by atoms with van der Waals surface area (Å²) in [6.07, 6.45) is 0. The maximum absolute atomic E-state index is 14.9. The first-order chi connectivity index (χ1) is 15.4. The molecule has 0 aliphatic heterocycles. The Morgan fingerprint density at radius 2 is 1.56 bits per heavy atom. The van der Waals surface area contributed by atoms with Crippen LogP contribution in [0.25, 0.3) is 0 Å². The summed E-state index contributed by atoms with van der Waals surface area (Å²) in [6.45, 7) is 5.73. The number of hydrogen-bond donors (Lipinski definition) is 2. The molecule has 0 aliphatic rings. The second kappa shape index (κ2) is 9.28. The molecule has 0 spiro atoms. The fraction of sp³-hybridized carbons (Fsp3) is 0.160. The van der Waals surface area contributed by atoms with Gasteiger partial charge in [0.15, 0.2) is 0 Å². The number of anilines is 2. The second-order valence-corrected chi connectivity index (χ2v) is 8.79. The lowest BCUT2D eigenvalue weighted by atomic mass is 9.99. The number of hydrogen-bond acceptors (Lipinski definition) is 5. The van der Waals surface area contributed by atoms with Gasteiger partial charge in [0.05, 0.1) is 6.04 Å². The third-order valence-electron chi connectivity index (χ3n) is 4.93. The van der Waals surface area contributed by atoms with Crippen molar-refractivity contribution >= 4 is 28.2 Å². The summed E-state index contributed by atoms with van der Waals surface area (Å²) in [5.74, 6) is -0.165. The number of aryl methyl sites for hydroxylation is 3. The van der Waals surface area contributed by atoms with E-state index >= 15 is 0 Å². The molecule has 2 N–H and O–H groups in total. The van der Waals surface area contributed by atoms with E-state index in [0.29, 0.717) is 22.1 Å². The topological polar surface area (TPSA) is 66.9 Å². The van der Waals surface area contributed by atoms with Crippen molar-refractivity contribution in [2.75, 3.05) is 10.6 Å². The largest absolute Gasteiger partial charge is 0.343 e. The minimum atomic E-state index is -0.589. The molecule has 162 valence electrons. The first-order valence-electron chi connectivity index (χ1n) is 10.2. The first kappa shape index (κ1) is 21.6. The number of rotatable bonds is 6. The number of carbonyl (C=O) groups is 1. The van der Waals surface area contributed by atoms with Gasteiger partial charge in [-0.2, -0.15) is 0 Å². The van der Waals surface area contributed by atoms with E-state index in [9.17, 15) is 9.18 Å². The first-order valence-corrected chi connectivity index (χ1v) is 11.0. The zero-order valence-electron chi connectivity index (χ0n) is 18.0. The van der Waals surface area contributed by atoms with Crippen molar-refractivity contribution in [1.82, 2.24) is 9.97 Å². The molecule has 4 aromatic rings. The quantitative estimate of drug-likeness (QED) is 0.378. The summed E-state index contributed by atoms with van der Waals surface area (Å²) in [5, 5.41) is 6.95. The molecule has 32 heavy (non-hydrogen) atoms. The number of carbonyl (C=O) groups excluding carboxylic acids is 1. The van der Waals surface area contributed by atoms with E-state index in [2.05, 4.69) is 20.6 Å². The highest BCUT2D eigenvalue weighted by atomic mass is 32.1. The third-order valence-corrected chi connectivity index (χ3v) is 5.91. The van der Waals surface area contributed by atoms with Crippen molar-refractivity contribution in [3.05, 3.63) is 106 Å². The maximum atomic E-state index is 14.9. The standard InChI is InChI=1S/C25H23FN4OS/c1-15-13-16(2)28-25(27-15)29-22(19-11-7-8-12-21(19)26)20-14-17(3)32-24(20)30-23(31)18-9-5-4-6-10-18/h4-14,22H,1-3H3,(H,30,31)(H,27,28,29)/t22-/m0/s1. The molecule has 2 heterocycles. The zero-order chi connectivity index (χ0) is 22.7. The van der Waals surface area contributed by atoms with E-state index in [0.717, 1.165) is 21.8 Å². The summed E-state index contributed by atoms with van der Waals surface area (Å²) < 4.78 is 14.9. The molecule has 5 nitrogen and oxygen atoms in total. The van der Waals surface area contributed by atoms with Gasteiger partial charge in [-0.25, -0.2) is 14.4 Å². The highest BCUT2D eigenvalue weighted by Gasteiger charge is 2.25. The monoisotopic (exact) mass is 446 g/mol. The van der Waals surface area contributed by atoms with Crippen molar-refractivity contribution in [2.45, 2.75) is 26.8 Å². The predicted octanol–water partition coefficient (Wildman–Crippen LogP) is 6.06. The fourth-order valence-electron chi connectivity index (χ4n) is 3.56. The molecular formula is C25H23FN4OS. The van der Waals surface area contributed by atoms with Gasteiger partial charge in [-0.3, -0.25) is 4.79 Å². The van der Waals surface area contributed by atoms with Crippen molar-refractivity contribution in [3.63, 3.8) is 0 Å². The number of nitrogens with zero attached hydrogens (tertiary/aromatic N) is 2. The average Bonchev–Trinajstić information content (AvgIpc) is 3.12. The van der Waals surface area contributed by atoms with Crippen LogP contribution in [0.1, 0.15) is 43.8 Å². The molecule has 0 fully saturated rings. The van der Waals surface area contributed by atoms with E-state index in [4.69, 9.17) is 0 Å². The zero-order valence-corrected chi connectivity index (χ0v) is 18.8. The number of nitrogens with one attached hydrogen (secondary N) is 2.